The number of benzene rings is 2. The highest BCUT2D eigenvalue weighted by Gasteiger charge is 2.34. The average molecular weight is 429 g/mol. The molecule has 0 radical (unpaired) electrons. The van der Waals surface area contributed by atoms with Crippen LogP contribution in [0.3, 0.4) is 0 Å². The first-order chi connectivity index (χ1) is 14.6. The third kappa shape index (κ3) is 3.54. The molecule has 1 saturated heterocycles. The summed E-state index contributed by atoms with van der Waals surface area (Å²) in [7, 11) is 3.08. The van der Waals surface area contributed by atoms with Crippen LogP contribution in [-0.4, -0.2) is 41.2 Å². The number of rotatable bonds is 5. The van der Waals surface area contributed by atoms with Crippen LogP contribution in [0.25, 0.3) is 11.0 Å². The summed E-state index contributed by atoms with van der Waals surface area (Å²) in [6.45, 7) is 3.56. The first-order valence-corrected chi connectivity index (χ1v) is 10.4. The van der Waals surface area contributed by atoms with Crippen molar-refractivity contribution in [1.29, 1.82) is 0 Å². The molecule has 3 aromatic rings. The molecule has 0 aliphatic carbocycles. The van der Waals surface area contributed by atoms with Crippen LogP contribution in [0.4, 0.5) is 10.5 Å². The molecule has 30 heavy (non-hydrogen) atoms. The fourth-order valence-electron chi connectivity index (χ4n) is 4.10. The lowest BCUT2D eigenvalue weighted by Crippen LogP contribution is -2.35. The Hall–Kier alpha value is -2.93. The van der Waals surface area contributed by atoms with Crippen LogP contribution in [0.1, 0.15) is 31.6 Å². The molecule has 0 bridgehead atoms. The van der Waals surface area contributed by atoms with E-state index in [9.17, 15) is 4.79 Å². The number of aryl methyl sites for hydroxylation is 1. The molecule has 0 spiro atoms. The zero-order chi connectivity index (χ0) is 21.3. The summed E-state index contributed by atoms with van der Waals surface area (Å²) < 4.78 is 12.8. The quantitative estimate of drug-likeness (QED) is 0.614. The highest BCUT2D eigenvalue weighted by atomic mass is 35.5. The summed E-state index contributed by atoms with van der Waals surface area (Å²) in [5.74, 6) is 1.90. The Kier molecular flexibility index (Phi) is 5.72. The number of aromatic nitrogens is 2. The van der Waals surface area contributed by atoms with Crippen molar-refractivity contribution in [2.75, 3.05) is 26.1 Å². The Balaban J connectivity index is 1.63. The number of nitrogens with zero attached hydrogens (tertiary/aromatic N) is 3. The molecule has 4 rings (SSSR count). The Bertz CT molecular complexity index is 1080. The van der Waals surface area contributed by atoms with Crippen molar-refractivity contribution in [3.05, 3.63) is 47.2 Å². The predicted molar refractivity (Wildman–Crippen MR) is 118 cm³/mol. The lowest BCUT2D eigenvalue weighted by Gasteiger charge is -2.25. The normalized spacial score (nSPS) is 16.1. The largest absolute Gasteiger partial charge is 0.495 e. The van der Waals surface area contributed by atoms with Gasteiger partial charge in [-0.1, -0.05) is 23.7 Å². The van der Waals surface area contributed by atoms with Crippen LogP contribution in [0.2, 0.25) is 5.02 Å². The predicted octanol–water partition coefficient (Wildman–Crippen LogP) is 5.10. The molecule has 0 saturated carbocycles. The Morgan fingerprint density at radius 2 is 2.00 bits per heavy atom. The third-order valence-corrected chi connectivity index (χ3v) is 5.82. The number of nitrogens with one attached hydrogen (secondary N) is 1. The number of methoxy groups -OCH3 is 2. The third-order valence-electron chi connectivity index (χ3n) is 5.53. The maximum atomic E-state index is 13.2. The SMILES string of the molecule is CCn1c(C2CCCN2C(=O)Nc2cc(Cl)c(OC)cc2OC)nc2ccccc21. The van der Waals surface area contributed by atoms with Crippen molar-refractivity contribution >= 4 is 34.4 Å². The summed E-state index contributed by atoms with van der Waals surface area (Å²) in [5.41, 5.74) is 2.54. The van der Waals surface area contributed by atoms with Crippen LogP contribution in [-0.2, 0) is 6.54 Å². The van der Waals surface area contributed by atoms with Crippen molar-refractivity contribution in [3.8, 4) is 11.5 Å². The minimum atomic E-state index is -0.202. The summed E-state index contributed by atoms with van der Waals surface area (Å²) in [5, 5.41) is 3.35. The highest BCUT2D eigenvalue weighted by Crippen LogP contribution is 2.38. The van der Waals surface area contributed by atoms with Crippen LogP contribution in [0.5, 0.6) is 11.5 Å². The molecule has 1 N–H and O–H groups in total. The summed E-state index contributed by atoms with van der Waals surface area (Å²) in [4.78, 5) is 19.9. The number of carbonyl (C=O) groups is 1. The molecule has 2 amide bonds. The minimum absolute atomic E-state index is 0.0861. The van der Waals surface area contributed by atoms with Gasteiger partial charge in [0.1, 0.15) is 17.3 Å². The van der Waals surface area contributed by atoms with Gasteiger partial charge in [-0.3, -0.25) is 0 Å². The molecule has 1 aliphatic heterocycles. The van der Waals surface area contributed by atoms with E-state index < -0.39 is 0 Å². The van der Waals surface area contributed by atoms with Crippen LogP contribution >= 0.6 is 11.6 Å². The number of hydrogen-bond donors (Lipinski definition) is 1. The number of hydrogen-bond acceptors (Lipinski definition) is 4. The zero-order valence-electron chi connectivity index (χ0n) is 17.3. The number of fused-ring (bicyclic) bond motifs is 1. The lowest BCUT2D eigenvalue weighted by atomic mass is 10.2. The topological polar surface area (TPSA) is 68.6 Å². The number of imidazole rings is 1. The molecule has 1 aromatic heterocycles. The van der Waals surface area contributed by atoms with Gasteiger partial charge in [0.05, 0.1) is 42.0 Å². The number of amides is 2. The van der Waals surface area contributed by atoms with Gasteiger partial charge in [0.15, 0.2) is 0 Å². The van der Waals surface area contributed by atoms with E-state index in [2.05, 4.69) is 22.9 Å². The van der Waals surface area contributed by atoms with Gasteiger partial charge < -0.3 is 24.3 Å². The van der Waals surface area contributed by atoms with Crippen molar-refractivity contribution in [1.82, 2.24) is 14.5 Å². The van der Waals surface area contributed by atoms with Gasteiger partial charge in [-0.15, -0.1) is 0 Å². The number of carbonyl (C=O) groups excluding carboxylic acids is 1. The molecule has 1 fully saturated rings. The maximum absolute atomic E-state index is 13.2. The number of para-hydroxylation sites is 2. The molecule has 2 heterocycles. The zero-order valence-corrected chi connectivity index (χ0v) is 18.1. The average Bonchev–Trinajstić information content (AvgIpc) is 3.38. The number of urea groups is 1. The summed E-state index contributed by atoms with van der Waals surface area (Å²) >= 11 is 6.25. The van der Waals surface area contributed by atoms with Crippen LogP contribution in [0, 0.1) is 0 Å². The van der Waals surface area contributed by atoms with E-state index in [1.807, 2.05) is 23.1 Å². The summed E-state index contributed by atoms with van der Waals surface area (Å²) in [6.07, 6.45) is 1.79. The van der Waals surface area contributed by atoms with Gasteiger partial charge in [0, 0.05) is 19.2 Å². The van der Waals surface area contributed by atoms with Gasteiger partial charge in [-0.25, -0.2) is 9.78 Å². The highest BCUT2D eigenvalue weighted by molar-refractivity contribution is 6.32. The van der Waals surface area contributed by atoms with Crippen LogP contribution < -0.4 is 14.8 Å². The van der Waals surface area contributed by atoms with Crippen molar-refractivity contribution in [2.45, 2.75) is 32.4 Å². The van der Waals surface area contributed by atoms with E-state index in [-0.39, 0.29) is 12.1 Å². The van der Waals surface area contributed by atoms with E-state index in [0.717, 1.165) is 36.2 Å². The molecule has 1 aliphatic rings. The van der Waals surface area contributed by atoms with Gasteiger partial charge in [-0.05, 0) is 38.0 Å². The molecule has 1 atom stereocenters. The molecule has 8 heteroatoms. The standard InChI is InChI=1S/C22H25ClN4O3/c1-4-26-17-9-6-5-8-15(17)24-21(26)18-10-7-11-27(18)22(28)25-16-12-14(23)19(29-2)13-20(16)30-3/h5-6,8-9,12-13,18H,4,7,10-11H2,1-3H3,(H,25,28). The Morgan fingerprint density at radius 1 is 1.23 bits per heavy atom. The van der Waals surface area contributed by atoms with E-state index in [4.69, 9.17) is 26.1 Å². The van der Waals surface area contributed by atoms with Crippen molar-refractivity contribution < 1.29 is 14.3 Å². The summed E-state index contributed by atoms with van der Waals surface area (Å²) in [6, 6.07) is 11.1. The first kappa shape index (κ1) is 20.3. The Labute approximate surface area is 180 Å². The van der Waals surface area contributed by atoms with Gasteiger partial charge in [-0.2, -0.15) is 0 Å². The Morgan fingerprint density at radius 3 is 2.73 bits per heavy atom. The second-order valence-electron chi connectivity index (χ2n) is 7.17. The molecule has 1 unspecified atom stereocenters. The molecule has 7 nitrogen and oxygen atoms in total. The van der Waals surface area contributed by atoms with Crippen LogP contribution in [0.15, 0.2) is 36.4 Å². The fourth-order valence-corrected chi connectivity index (χ4v) is 4.34. The van der Waals surface area contributed by atoms with Gasteiger partial charge in [0.25, 0.3) is 0 Å². The van der Waals surface area contributed by atoms with E-state index in [1.54, 1.807) is 19.2 Å². The van der Waals surface area contributed by atoms with Crippen molar-refractivity contribution in [2.24, 2.45) is 0 Å². The van der Waals surface area contributed by atoms with Crippen molar-refractivity contribution in [3.63, 3.8) is 0 Å². The smallest absolute Gasteiger partial charge is 0.322 e. The van der Waals surface area contributed by atoms with E-state index in [1.165, 1.54) is 7.11 Å². The second-order valence-corrected chi connectivity index (χ2v) is 7.58. The lowest BCUT2D eigenvalue weighted by molar-refractivity contribution is 0.204. The van der Waals surface area contributed by atoms with Gasteiger partial charge in [0.2, 0.25) is 0 Å². The second kappa shape index (κ2) is 8.44. The number of anilines is 1. The number of ether oxygens (including phenoxy) is 2. The number of halogens is 1. The fraction of sp³-hybridized carbons (Fsp3) is 0.364. The molecular weight excluding hydrogens is 404 g/mol. The number of likely N-dealkylation sites (tertiary alicyclic amines) is 1. The van der Waals surface area contributed by atoms with E-state index >= 15 is 0 Å². The van der Waals surface area contributed by atoms with Gasteiger partial charge >= 0.3 is 6.03 Å². The molecule has 158 valence electrons. The van der Waals surface area contributed by atoms with E-state index in [0.29, 0.717) is 28.8 Å². The first-order valence-electron chi connectivity index (χ1n) is 10.0. The molecular formula is C22H25ClN4O3. The maximum Gasteiger partial charge on any atom is 0.322 e. The molecule has 2 aromatic carbocycles. The monoisotopic (exact) mass is 428 g/mol. The minimum Gasteiger partial charge on any atom is -0.495 e.